The van der Waals surface area contributed by atoms with Crippen LogP contribution in [0.2, 0.25) is 0 Å². The second kappa shape index (κ2) is 9.68. The third-order valence-electron chi connectivity index (χ3n) is 5.43. The molecule has 3 rings (SSSR count). The van der Waals surface area contributed by atoms with Crippen LogP contribution in [0.5, 0.6) is 0 Å². The fraction of sp³-hybridized carbons (Fsp3) is 0.200. The van der Waals surface area contributed by atoms with Crippen LogP contribution in [0.4, 0.5) is 0 Å². The summed E-state index contributed by atoms with van der Waals surface area (Å²) in [6.07, 6.45) is 2.80. The Hall–Kier alpha value is -2.29. The van der Waals surface area contributed by atoms with Crippen LogP contribution in [-0.4, -0.2) is 18.0 Å². The zero-order valence-corrected chi connectivity index (χ0v) is 19.6. The maximum absolute atomic E-state index is 11.9. The van der Waals surface area contributed by atoms with Crippen LogP contribution in [0, 0.1) is 0 Å². The number of amides is 2. The summed E-state index contributed by atoms with van der Waals surface area (Å²) in [7, 11) is 0. The van der Waals surface area contributed by atoms with Gasteiger partial charge in [-0.15, -0.1) is 0 Å². The van der Waals surface area contributed by atoms with Gasteiger partial charge in [0.05, 0.1) is 0 Å². The first-order valence-electron chi connectivity index (χ1n) is 10.1. The Labute approximate surface area is 186 Å². The van der Waals surface area contributed by atoms with Gasteiger partial charge in [-0.1, -0.05) is 0 Å². The maximum atomic E-state index is 11.9. The van der Waals surface area contributed by atoms with E-state index in [0.29, 0.717) is 6.42 Å². The number of carbonyl (C=O) groups is 2. The van der Waals surface area contributed by atoms with Crippen molar-refractivity contribution in [1.82, 2.24) is 5.32 Å². The fourth-order valence-electron chi connectivity index (χ4n) is 4.00. The molecule has 0 unspecified atom stereocenters. The average Bonchev–Trinajstić information content (AvgIpc) is 2.78. The molecule has 0 heterocycles. The van der Waals surface area contributed by atoms with Crippen molar-refractivity contribution in [3.63, 3.8) is 0 Å². The molecule has 3 aromatic carbocycles. The fourth-order valence-corrected chi connectivity index (χ4v) is 11.8. The molecule has 1 N–H and O–H groups in total. The molecule has 5 heteroatoms. The predicted octanol–water partition coefficient (Wildman–Crippen LogP) is 4.66. The summed E-state index contributed by atoms with van der Waals surface area (Å²) >= 11 is 4.40. The number of carbonyl (C=O) groups excluding carboxylic acids is 2. The molecule has 0 spiro atoms. The molecule has 0 aromatic heterocycles. The summed E-state index contributed by atoms with van der Waals surface area (Å²) in [4.78, 5) is 23.1. The SMILES string of the molecule is CC(=O)NC(=O)CCCCP(Br)(c1ccccc1)(c1ccccc1)c1ccccc1. The molecule has 2 amide bonds. The van der Waals surface area contributed by atoms with E-state index in [0.717, 1.165) is 19.0 Å². The monoisotopic (exact) mass is 483 g/mol. The Morgan fingerprint density at radius 1 is 0.733 bits per heavy atom. The van der Waals surface area contributed by atoms with E-state index in [1.165, 1.54) is 22.8 Å². The second-order valence-electron chi connectivity index (χ2n) is 7.47. The summed E-state index contributed by atoms with van der Waals surface area (Å²) in [5.41, 5.74) is 0. The number of imide groups is 1. The summed E-state index contributed by atoms with van der Waals surface area (Å²) < 4.78 is 0. The molecule has 0 saturated carbocycles. The number of rotatable bonds is 8. The average molecular weight is 484 g/mol. The van der Waals surface area contributed by atoms with Crippen molar-refractivity contribution in [3.05, 3.63) is 91.0 Å². The van der Waals surface area contributed by atoms with Crippen molar-refractivity contribution in [2.24, 2.45) is 0 Å². The Bertz CT molecular complexity index is 894. The molecule has 156 valence electrons. The summed E-state index contributed by atoms with van der Waals surface area (Å²) in [6.45, 7) is 1.36. The van der Waals surface area contributed by atoms with Gasteiger partial charge in [0.1, 0.15) is 0 Å². The Kier molecular flexibility index (Phi) is 7.23. The molecule has 30 heavy (non-hydrogen) atoms. The van der Waals surface area contributed by atoms with Gasteiger partial charge in [-0.25, -0.2) is 0 Å². The van der Waals surface area contributed by atoms with E-state index in [-0.39, 0.29) is 11.8 Å². The molecule has 0 radical (unpaired) electrons. The zero-order chi connectivity index (χ0) is 21.5. The second-order valence-corrected chi connectivity index (χ2v) is 16.5. The van der Waals surface area contributed by atoms with Gasteiger partial charge in [-0.3, -0.25) is 0 Å². The number of benzene rings is 3. The molecular formula is C25H27BrNO2P. The number of hydrogen-bond donors (Lipinski definition) is 1. The van der Waals surface area contributed by atoms with E-state index in [9.17, 15) is 9.59 Å². The van der Waals surface area contributed by atoms with Gasteiger partial charge < -0.3 is 0 Å². The first-order chi connectivity index (χ1) is 14.4. The number of hydrogen-bond acceptors (Lipinski definition) is 2. The van der Waals surface area contributed by atoms with Crippen LogP contribution in [0.25, 0.3) is 0 Å². The van der Waals surface area contributed by atoms with E-state index in [1.807, 2.05) is 18.2 Å². The van der Waals surface area contributed by atoms with E-state index in [1.54, 1.807) is 0 Å². The molecular weight excluding hydrogens is 457 g/mol. The van der Waals surface area contributed by atoms with Gasteiger partial charge in [0.15, 0.2) is 0 Å². The first-order valence-corrected chi connectivity index (χ1v) is 14.6. The van der Waals surface area contributed by atoms with E-state index < -0.39 is 5.31 Å². The predicted molar refractivity (Wildman–Crippen MR) is 132 cm³/mol. The minimum absolute atomic E-state index is 0.212. The summed E-state index contributed by atoms with van der Waals surface area (Å²) in [5, 5.41) is 3.26. The first kappa shape index (κ1) is 22.4. The number of nitrogens with one attached hydrogen (secondary N) is 1. The van der Waals surface area contributed by atoms with Gasteiger partial charge in [-0.05, 0) is 0 Å². The normalized spacial score (nSPS) is 12.5. The Morgan fingerprint density at radius 2 is 1.13 bits per heavy atom. The van der Waals surface area contributed by atoms with Crippen molar-refractivity contribution in [3.8, 4) is 0 Å². The van der Waals surface area contributed by atoms with Crippen molar-refractivity contribution >= 4 is 48.5 Å². The molecule has 3 nitrogen and oxygen atoms in total. The molecule has 0 atom stereocenters. The Balaban J connectivity index is 2.04. The van der Waals surface area contributed by atoms with E-state index in [4.69, 9.17) is 0 Å². The van der Waals surface area contributed by atoms with Crippen molar-refractivity contribution in [2.45, 2.75) is 26.2 Å². The van der Waals surface area contributed by atoms with Crippen LogP contribution in [0.15, 0.2) is 91.0 Å². The topological polar surface area (TPSA) is 46.2 Å². The molecule has 0 aliphatic heterocycles. The van der Waals surface area contributed by atoms with Crippen LogP contribution in [0.1, 0.15) is 26.2 Å². The van der Waals surface area contributed by atoms with Crippen molar-refractivity contribution in [2.75, 3.05) is 6.16 Å². The van der Waals surface area contributed by atoms with Gasteiger partial charge in [0, 0.05) is 0 Å². The van der Waals surface area contributed by atoms with Gasteiger partial charge >= 0.3 is 187 Å². The number of halogens is 1. The molecule has 0 fully saturated rings. The van der Waals surface area contributed by atoms with Gasteiger partial charge in [0.2, 0.25) is 0 Å². The van der Waals surface area contributed by atoms with Crippen LogP contribution >= 0.6 is 20.8 Å². The van der Waals surface area contributed by atoms with Crippen LogP contribution in [-0.2, 0) is 9.59 Å². The third-order valence-corrected chi connectivity index (χ3v) is 15.5. The van der Waals surface area contributed by atoms with Crippen molar-refractivity contribution < 1.29 is 9.59 Å². The molecule has 0 saturated heterocycles. The molecule has 0 bridgehead atoms. The quantitative estimate of drug-likeness (QED) is 0.374. The van der Waals surface area contributed by atoms with Gasteiger partial charge in [0.25, 0.3) is 0 Å². The summed E-state index contributed by atoms with van der Waals surface area (Å²) in [5.74, 6) is -0.519. The van der Waals surface area contributed by atoms with Crippen LogP contribution in [0.3, 0.4) is 0 Å². The third kappa shape index (κ3) is 4.55. The van der Waals surface area contributed by atoms with E-state index >= 15 is 0 Å². The zero-order valence-electron chi connectivity index (χ0n) is 17.1. The summed E-state index contributed by atoms with van der Waals surface area (Å²) in [6, 6.07) is 31.9. The number of unbranched alkanes of at least 4 members (excludes halogenated alkanes) is 1. The van der Waals surface area contributed by atoms with Crippen molar-refractivity contribution in [1.29, 1.82) is 0 Å². The standard InChI is InChI=1S/C25H27BrNO2P/c1-21(28)27-25(29)19-11-12-20-30(26,22-13-5-2-6-14-22,23-15-7-3-8-16-23)24-17-9-4-10-18-24/h2-10,13-18H,11-12,19-20H2,1H3,(H,27,28,29). The molecule has 0 aliphatic carbocycles. The van der Waals surface area contributed by atoms with Gasteiger partial charge in [-0.2, -0.15) is 0 Å². The minimum atomic E-state index is -2.93. The Morgan fingerprint density at radius 3 is 1.50 bits per heavy atom. The van der Waals surface area contributed by atoms with E-state index in [2.05, 4.69) is 93.6 Å². The molecule has 3 aromatic rings. The van der Waals surface area contributed by atoms with Crippen LogP contribution < -0.4 is 21.2 Å². The molecule has 0 aliphatic rings.